The van der Waals surface area contributed by atoms with E-state index in [1.807, 2.05) is 0 Å². The van der Waals surface area contributed by atoms with Crippen LogP contribution in [-0.2, 0) is 16.1 Å². The van der Waals surface area contributed by atoms with Crippen molar-refractivity contribution in [3.05, 3.63) is 48.0 Å². The Bertz CT molecular complexity index is 981. The number of amides is 1. The fourth-order valence-electron chi connectivity index (χ4n) is 6.24. The average Bonchev–Trinajstić information content (AvgIpc) is 2.86. The van der Waals surface area contributed by atoms with Crippen LogP contribution in [0.2, 0.25) is 0 Å². The number of morpholine rings is 1. The lowest BCUT2D eigenvalue weighted by Crippen LogP contribution is -2.54. The minimum Gasteiger partial charge on any atom is -0.379 e. The van der Waals surface area contributed by atoms with Crippen molar-refractivity contribution in [3.8, 4) is 0 Å². The number of carbonyl (C=O) groups is 1. The highest BCUT2D eigenvalue weighted by Gasteiger charge is 2.34. The number of piperidine rings is 1. The molecule has 2 aromatic rings. The van der Waals surface area contributed by atoms with Gasteiger partial charge < -0.3 is 15.0 Å². The molecule has 2 aliphatic rings. The van der Waals surface area contributed by atoms with E-state index in [1.165, 1.54) is 16.3 Å². The molecule has 0 unspecified atom stereocenters. The van der Waals surface area contributed by atoms with E-state index in [2.05, 4.69) is 90.4 Å². The van der Waals surface area contributed by atoms with Crippen LogP contribution in [0.15, 0.2) is 42.5 Å². The SMILES string of the molecule is CN(C)CC(C)(C)CNC(=O)CC[C@H]1CN(Cc2cccc3ccccc23)CC[C@H]1N1CCOCC1. The monoisotopic (exact) mass is 494 g/mol. The zero-order valence-electron chi connectivity index (χ0n) is 22.8. The minimum atomic E-state index is 0.0651. The van der Waals surface area contributed by atoms with Crippen LogP contribution >= 0.6 is 0 Å². The van der Waals surface area contributed by atoms with Crippen LogP contribution in [0.1, 0.15) is 38.7 Å². The van der Waals surface area contributed by atoms with E-state index in [0.29, 0.717) is 18.4 Å². The predicted molar refractivity (Wildman–Crippen MR) is 148 cm³/mol. The molecule has 0 saturated carbocycles. The van der Waals surface area contributed by atoms with E-state index >= 15 is 0 Å². The van der Waals surface area contributed by atoms with Crippen molar-refractivity contribution in [2.24, 2.45) is 11.3 Å². The lowest BCUT2D eigenvalue weighted by Gasteiger charge is -2.45. The molecule has 0 aliphatic carbocycles. The number of carbonyl (C=O) groups excluding carboxylic acids is 1. The molecule has 6 nitrogen and oxygen atoms in total. The van der Waals surface area contributed by atoms with Crippen molar-refractivity contribution in [1.29, 1.82) is 0 Å². The van der Waals surface area contributed by atoms with Gasteiger partial charge >= 0.3 is 0 Å². The lowest BCUT2D eigenvalue weighted by molar-refractivity contribution is -0.122. The van der Waals surface area contributed by atoms with E-state index in [0.717, 1.165) is 71.9 Å². The number of ether oxygens (including phenoxy) is 1. The van der Waals surface area contributed by atoms with E-state index in [-0.39, 0.29) is 11.3 Å². The standard InChI is InChI=1S/C30H46N4O2/c1-30(2,23-32(3)4)22-31-29(35)13-12-26-21-33(15-14-28(26)34-16-18-36-19-17-34)20-25-10-7-9-24-8-5-6-11-27(24)25/h5-11,26,28H,12-23H2,1-4H3,(H,31,35)/t26-,28+/m0/s1. The molecular weight excluding hydrogens is 448 g/mol. The molecule has 6 heteroatoms. The van der Waals surface area contributed by atoms with Gasteiger partial charge in [0.25, 0.3) is 0 Å². The molecule has 2 heterocycles. The third-order valence-corrected chi connectivity index (χ3v) is 7.82. The highest BCUT2D eigenvalue weighted by molar-refractivity contribution is 5.85. The topological polar surface area (TPSA) is 48.1 Å². The molecule has 2 saturated heterocycles. The second kappa shape index (κ2) is 12.5. The van der Waals surface area contributed by atoms with Crippen LogP contribution in [0.5, 0.6) is 0 Å². The molecular formula is C30H46N4O2. The molecule has 36 heavy (non-hydrogen) atoms. The van der Waals surface area contributed by atoms with E-state index < -0.39 is 0 Å². The number of benzene rings is 2. The summed E-state index contributed by atoms with van der Waals surface area (Å²) in [5.74, 6) is 0.682. The van der Waals surface area contributed by atoms with Crippen molar-refractivity contribution in [1.82, 2.24) is 20.0 Å². The molecule has 2 atom stereocenters. The summed E-state index contributed by atoms with van der Waals surface area (Å²) in [4.78, 5) is 20.3. The number of fused-ring (bicyclic) bond motifs is 1. The number of rotatable bonds is 10. The van der Waals surface area contributed by atoms with Gasteiger partial charge in [-0.25, -0.2) is 0 Å². The maximum absolute atomic E-state index is 12.8. The molecule has 198 valence electrons. The fourth-order valence-corrected chi connectivity index (χ4v) is 6.24. The normalized spacial score (nSPS) is 22.2. The molecule has 0 spiro atoms. The number of hydrogen-bond acceptors (Lipinski definition) is 5. The lowest BCUT2D eigenvalue weighted by atomic mass is 9.86. The Hall–Kier alpha value is -1.99. The average molecular weight is 495 g/mol. The molecule has 1 amide bonds. The molecule has 2 aromatic carbocycles. The van der Waals surface area contributed by atoms with Crippen LogP contribution in [0.25, 0.3) is 10.8 Å². The third kappa shape index (κ3) is 7.51. The van der Waals surface area contributed by atoms with E-state index in [4.69, 9.17) is 4.74 Å². The Labute approximate surface area is 218 Å². The van der Waals surface area contributed by atoms with Gasteiger partial charge in [-0.2, -0.15) is 0 Å². The zero-order chi connectivity index (χ0) is 25.5. The summed E-state index contributed by atoms with van der Waals surface area (Å²) in [6.45, 7) is 12.9. The maximum atomic E-state index is 12.8. The third-order valence-electron chi connectivity index (χ3n) is 7.82. The summed E-state index contributed by atoms with van der Waals surface area (Å²) in [5.41, 5.74) is 1.47. The number of nitrogens with one attached hydrogen (secondary N) is 1. The second-order valence-electron chi connectivity index (χ2n) is 11.9. The van der Waals surface area contributed by atoms with Gasteiger partial charge in [-0.15, -0.1) is 0 Å². The molecule has 4 rings (SSSR count). The zero-order valence-corrected chi connectivity index (χ0v) is 22.8. The summed E-state index contributed by atoms with van der Waals surface area (Å²) in [6.07, 6.45) is 2.70. The second-order valence-corrected chi connectivity index (χ2v) is 11.9. The smallest absolute Gasteiger partial charge is 0.220 e. The Kier molecular flexibility index (Phi) is 9.40. The quantitative estimate of drug-likeness (QED) is 0.544. The largest absolute Gasteiger partial charge is 0.379 e. The maximum Gasteiger partial charge on any atom is 0.220 e. The first-order chi connectivity index (χ1) is 17.3. The predicted octanol–water partition coefficient (Wildman–Crippen LogP) is 3.85. The van der Waals surface area contributed by atoms with Gasteiger partial charge in [0.1, 0.15) is 0 Å². The number of likely N-dealkylation sites (tertiary alicyclic amines) is 1. The first kappa shape index (κ1) is 27.1. The van der Waals surface area contributed by atoms with Crippen LogP contribution in [-0.4, -0.2) is 93.2 Å². The molecule has 0 bridgehead atoms. The van der Waals surface area contributed by atoms with Crippen molar-refractivity contribution in [2.75, 3.05) is 66.6 Å². The van der Waals surface area contributed by atoms with Crippen LogP contribution in [0, 0.1) is 11.3 Å². The first-order valence-electron chi connectivity index (χ1n) is 13.7. The Morgan fingerprint density at radius 2 is 1.83 bits per heavy atom. The van der Waals surface area contributed by atoms with Crippen molar-refractivity contribution in [3.63, 3.8) is 0 Å². The molecule has 0 radical (unpaired) electrons. The van der Waals surface area contributed by atoms with Gasteiger partial charge in [0.15, 0.2) is 0 Å². The van der Waals surface area contributed by atoms with E-state index in [1.54, 1.807) is 0 Å². The minimum absolute atomic E-state index is 0.0651. The van der Waals surface area contributed by atoms with Gasteiger partial charge in [-0.3, -0.25) is 14.6 Å². The summed E-state index contributed by atoms with van der Waals surface area (Å²) in [5, 5.41) is 5.88. The molecule has 1 N–H and O–H groups in total. The van der Waals surface area contributed by atoms with Gasteiger partial charge in [0.05, 0.1) is 13.2 Å². The van der Waals surface area contributed by atoms with Gasteiger partial charge in [-0.05, 0) is 61.2 Å². The molecule has 2 fully saturated rings. The summed E-state index contributed by atoms with van der Waals surface area (Å²) in [6, 6.07) is 15.9. The highest BCUT2D eigenvalue weighted by Crippen LogP contribution is 2.29. The van der Waals surface area contributed by atoms with Crippen LogP contribution in [0.3, 0.4) is 0 Å². The first-order valence-corrected chi connectivity index (χ1v) is 13.7. The van der Waals surface area contributed by atoms with Crippen molar-refractivity contribution < 1.29 is 9.53 Å². The summed E-state index contributed by atoms with van der Waals surface area (Å²) in [7, 11) is 4.17. The fraction of sp³-hybridized carbons (Fsp3) is 0.633. The van der Waals surface area contributed by atoms with Gasteiger partial charge in [0, 0.05) is 51.7 Å². The molecule has 0 aromatic heterocycles. The van der Waals surface area contributed by atoms with Crippen LogP contribution in [0.4, 0.5) is 0 Å². The molecule has 2 aliphatic heterocycles. The van der Waals surface area contributed by atoms with Gasteiger partial charge in [0.2, 0.25) is 5.91 Å². The van der Waals surface area contributed by atoms with Crippen molar-refractivity contribution >= 4 is 16.7 Å². The summed E-state index contributed by atoms with van der Waals surface area (Å²) < 4.78 is 5.64. The Balaban J connectivity index is 1.38. The number of hydrogen-bond donors (Lipinski definition) is 1. The highest BCUT2D eigenvalue weighted by atomic mass is 16.5. The Morgan fingerprint density at radius 1 is 1.08 bits per heavy atom. The van der Waals surface area contributed by atoms with Crippen molar-refractivity contribution in [2.45, 2.75) is 45.7 Å². The van der Waals surface area contributed by atoms with Crippen LogP contribution < -0.4 is 5.32 Å². The van der Waals surface area contributed by atoms with E-state index in [9.17, 15) is 4.79 Å². The number of nitrogens with zero attached hydrogens (tertiary/aromatic N) is 3. The van der Waals surface area contributed by atoms with Gasteiger partial charge in [-0.1, -0.05) is 56.3 Å². The Morgan fingerprint density at radius 3 is 2.61 bits per heavy atom. The summed E-state index contributed by atoms with van der Waals surface area (Å²) >= 11 is 0.